The fourth-order valence-electron chi connectivity index (χ4n) is 2.21. The van der Waals surface area contributed by atoms with Gasteiger partial charge in [0.25, 0.3) is 0 Å². The highest BCUT2D eigenvalue weighted by Crippen LogP contribution is 2.44. The number of benzene rings is 1. The number of halogens is 1. The fourth-order valence-corrected chi connectivity index (χ4v) is 2.92. The number of hydrogen-bond donors (Lipinski definition) is 1. The van der Waals surface area contributed by atoms with E-state index in [4.69, 9.17) is 15.2 Å². The van der Waals surface area contributed by atoms with Gasteiger partial charge in [0.15, 0.2) is 11.5 Å². The molecule has 1 fully saturated rings. The Bertz CT molecular complexity index is 456. The van der Waals surface area contributed by atoms with Crippen LogP contribution in [0.1, 0.15) is 30.9 Å². The SMILES string of the molecule is CCc1cc(OC)c(OC)c(CC2(N)CC2)c1Br. The molecule has 0 spiro atoms. The molecule has 1 aliphatic rings. The van der Waals surface area contributed by atoms with Crippen LogP contribution in [0.2, 0.25) is 0 Å². The second kappa shape index (κ2) is 5.10. The molecule has 0 saturated heterocycles. The molecule has 0 radical (unpaired) electrons. The van der Waals surface area contributed by atoms with Gasteiger partial charge in [-0.05, 0) is 37.3 Å². The molecule has 0 amide bonds. The molecule has 100 valence electrons. The minimum absolute atomic E-state index is 0.0484. The van der Waals surface area contributed by atoms with E-state index >= 15 is 0 Å². The molecule has 3 nitrogen and oxygen atoms in total. The zero-order valence-corrected chi connectivity index (χ0v) is 12.8. The Kier molecular flexibility index (Phi) is 3.87. The van der Waals surface area contributed by atoms with Crippen LogP contribution >= 0.6 is 15.9 Å². The number of nitrogens with two attached hydrogens (primary N) is 1. The Hall–Kier alpha value is -0.740. The highest BCUT2D eigenvalue weighted by Gasteiger charge is 2.40. The summed E-state index contributed by atoms with van der Waals surface area (Å²) in [7, 11) is 3.35. The van der Waals surface area contributed by atoms with Crippen molar-refractivity contribution in [1.29, 1.82) is 0 Å². The molecule has 1 aromatic carbocycles. The lowest BCUT2D eigenvalue weighted by molar-refractivity contribution is 0.349. The lowest BCUT2D eigenvalue weighted by Crippen LogP contribution is -2.25. The van der Waals surface area contributed by atoms with Crippen molar-refractivity contribution < 1.29 is 9.47 Å². The molecule has 18 heavy (non-hydrogen) atoms. The molecule has 2 N–H and O–H groups in total. The number of hydrogen-bond acceptors (Lipinski definition) is 3. The van der Waals surface area contributed by atoms with Gasteiger partial charge in [-0.25, -0.2) is 0 Å². The van der Waals surface area contributed by atoms with Crippen LogP contribution in [0.5, 0.6) is 11.5 Å². The highest BCUT2D eigenvalue weighted by molar-refractivity contribution is 9.10. The molecular formula is C14H20BrNO2. The Labute approximate surface area is 117 Å². The van der Waals surface area contributed by atoms with Crippen LogP contribution in [0.3, 0.4) is 0 Å². The molecule has 2 rings (SSSR count). The quantitative estimate of drug-likeness (QED) is 0.908. The van der Waals surface area contributed by atoms with E-state index in [-0.39, 0.29) is 5.54 Å². The molecule has 4 heteroatoms. The summed E-state index contributed by atoms with van der Waals surface area (Å²) in [5, 5.41) is 0. The highest BCUT2D eigenvalue weighted by atomic mass is 79.9. The Morgan fingerprint density at radius 1 is 1.33 bits per heavy atom. The predicted octanol–water partition coefficient (Wildman–Crippen LogP) is 3.06. The maximum absolute atomic E-state index is 6.24. The zero-order valence-electron chi connectivity index (χ0n) is 11.2. The van der Waals surface area contributed by atoms with Gasteiger partial charge in [-0.2, -0.15) is 0 Å². The predicted molar refractivity (Wildman–Crippen MR) is 76.5 cm³/mol. The second-order valence-corrected chi connectivity index (χ2v) is 5.75. The zero-order chi connectivity index (χ0) is 13.3. The van der Waals surface area contributed by atoms with Crippen LogP contribution in [0.25, 0.3) is 0 Å². The average molecular weight is 314 g/mol. The van der Waals surface area contributed by atoms with Crippen LogP contribution in [0.4, 0.5) is 0 Å². The fraction of sp³-hybridized carbons (Fsp3) is 0.571. The maximum Gasteiger partial charge on any atom is 0.165 e. The first-order valence-electron chi connectivity index (χ1n) is 6.25. The van der Waals surface area contributed by atoms with Crippen molar-refractivity contribution in [3.63, 3.8) is 0 Å². The summed E-state index contributed by atoms with van der Waals surface area (Å²) >= 11 is 3.69. The summed E-state index contributed by atoms with van der Waals surface area (Å²) in [5.74, 6) is 1.59. The van der Waals surface area contributed by atoms with E-state index in [1.54, 1.807) is 14.2 Å². The third-order valence-corrected chi connectivity index (χ3v) is 4.56. The van der Waals surface area contributed by atoms with Crippen molar-refractivity contribution in [3.8, 4) is 11.5 Å². The third-order valence-electron chi connectivity index (χ3n) is 3.58. The Morgan fingerprint density at radius 2 is 2.00 bits per heavy atom. The van der Waals surface area contributed by atoms with E-state index in [1.807, 2.05) is 6.07 Å². The van der Waals surface area contributed by atoms with Gasteiger partial charge in [-0.3, -0.25) is 0 Å². The van der Waals surface area contributed by atoms with Crippen molar-refractivity contribution in [2.45, 2.75) is 38.1 Å². The molecule has 1 saturated carbocycles. The number of aryl methyl sites for hydroxylation is 1. The number of rotatable bonds is 5. The monoisotopic (exact) mass is 313 g/mol. The summed E-state index contributed by atoms with van der Waals surface area (Å²) in [6.07, 6.45) is 3.95. The van der Waals surface area contributed by atoms with E-state index in [1.165, 1.54) is 5.56 Å². The van der Waals surface area contributed by atoms with Gasteiger partial charge in [0, 0.05) is 15.6 Å². The molecule has 0 aliphatic heterocycles. The average Bonchev–Trinajstić information content (AvgIpc) is 3.09. The van der Waals surface area contributed by atoms with Crippen LogP contribution in [-0.4, -0.2) is 19.8 Å². The first-order valence-corrected chi connectivity index (χ1v) is 7.05. The van der Waals surface area contributed by atoms with E-state index in [2.05, 4.69) is 22.9 Å². The minimum atomic E-state index is -0.0484. The van der Waals surface area contributed by atoms with E-state index in [0.717, 1.165) is 47.2 Å². The molecule has 0 aromatic heterocycles. The van der Waals surface area contributed by atoms with Crippen LogP contribution in [0, 0.1) is 0 Å². The molecule has 0 heterocycles. The Balaban J connectivity index is 2.51. The van der Waals surface area contributed by atoms with Crippen molar-refractivity contribution >= 4 is 15.9 Å². The smallest absolute Gasteiger partial charge is 0.165 e. The lowest BCUT2D eigenvalue weighted by Gasteiger charge is -2.19. The first-order chi connectivity index (χ1) is 8.54. The summed E-state index contributed by atoms with van der Waals surface area (Å²) in [5.41, 5.74) is 8.55. The number of ether oxygens (including phenoxy) is 2. The van der Waals surface area contributed by atoms with Gasteiger partial charge in [-0.1, -0.05) is 22.9 Å². The summed E-state index contributed by atoms with van der Waals surface area (Å²) in [4.78, 5) is 0. The molecular weight excluding hydrogens is 294 g/mol. The van der Waals surface area contributed by atoms with Crippen molar-refractivity contribution in [2.75, 3.05) is 14.2 Å². The molecule has 1 aliphatic carbocycles. The molecule has 0 bridgehead atoms. The molecule has 0 unspecified atom stereocenters. The standard InChI is InChI=1S/C14H20BrNO2/c1-4-9-7-11(17-2)13(18-3)10(12(9)15)8-14(16)5-6-14/h7H,4-6,8,16H2,1-3H3. The van der Waals surface area contributed by atoms with Crippen molar-refractivity contribution in [1.82, 2.24) is 0 Å². The Morgan fingerprint density at radius 3 is 2.44 bits per heavy atom. The van der Waals surface area contributed by atoms with Gasteiger partial charge < -0.3 is 15.2 Å². The largest absolute Gasteiger partial charge is 0.493 e. The third kappa shape index (κ3) is 2.50. The van der Waals surface area contributed by atoms with Gasteiger partial charge in [0.05, 0.1) is 14.2 Å². The minimum Gasteiger partial charge on any atom is -0.493 e. The van der Waals surface area contributed by atoms with Crippen LogP contribution in [-0.2, 0) is 12.8 Å². The van der Waals surface area contributed by atoms with E-state index in [9.17, 15) is 0 Å². The van der Waals surface area contributed by atoms with Crippen molar-refractivity contribution in [3.05, 3.63) is 21.7 Å². The van der Waals surface area contributed by atoms with Crippen molar-refractivity contribution in [2.24, 2.45) is 5.73 Å². The van der Waals surface area contributed by atoms with E-state index in [0.29, 0.717) is 0 Å². The van der Waals surface area contributed by atoms with Crippen LogP contribution < -0.4 is 15.2 Å². The topological polar surface area (TPSA) is 44.5 Å². The van der Waals surface area contributed by atoms with Crippen LogP contribution in [0.15, 0.2) is 10.5 Å². The summed E-state index contributed by atoms with van der Waals surface area (Å²) in [6.45, 7) is 2.13. The number of methoxy groups -OCH3 is 2. The lowest BCUT2D eigenvalue weighted by atomic mass is 9.99. The summed E-state index contributed by atoms with van der Waals surface area (Å²) in [6, 6.07) is 2.03. The van der Waals surface area contributed by atoms with Gasteiger partial charge >= 0.3 is 0 Å². The normalized spacial score (nSPS) is 16.5. The van der Waals surface area contributed by atoms with E-state index < -0.39 is 0 Å². The van der Waals surface area contributed by atoms with Gasteiger partial charge in [0.2, 0.25) is 0 Å². The molecule has 0 atom stereocenters. The second-order valence-electron chi connectivity index (χ2n) is 4.96. The molecule has 1 aromatic rings. The van der Waals surface area contributed by atoms with Gasteiger partial charge in [-0.15, -0.1) is 0 Å². The first kappa shape index (κ1) is 13.7. The maximum atomic E-state index is 6.24. The summed E-state index contributed by atoms with van der Waals surface area (Å²) < 4.78 is 12.0. The van der Waals surface area contributed by atoms with Gasteiger partial charge in [0.1, 0.15) is 0 Å².